The Morgan fingerprint density at radius 3 is 2.48 bits per heavy atom. The predicted octanol–water partition coefficient (Wildman–Crippen LogP) is 2.59. The molecule has 23 heavy (non-hydrogen) atoms. The third-order valence-corrected chi connectivity index (χ3v) is 5.56. The number of rotatable bonds is 6. The van der Waals surface area contributed by atoms with Crippen molar-refractivity contribution in [2.24, 2.45) is 5.92 Å². The zero-order chi connectivity index (χ0) is 17.5. The highest BCUT2D eigenvalue weighted by Crippen LogP contribution is 2.24. The summed E-state index contributed by atoms with van der Waals surface area (Å²) in [5.74, 6) is 0.188. The fourth-order valence-corrected chi connectivity index (χ4v) is 3.76. The quantitative estimate of drug-likeness (QED) is 0.623. The van der Waals surface area contributed by atoms with E-state index in [4.69, 9.17) is 4.18 Å². The van der Waals surface area contributed by atoms with E-state index in [0.29, 0.717) is 6.42 Å². The molecule has 0 bridgehead atoms. The van der Waals surface area contributed by atoms with E-state index in [0.717, 1.165) is 25.1 Å². The standard InChI is InChI=1S/C14H22NO4PS.C2H6/c1-11-2-4-13(5-3-11)21(17,18)19-9-7-14(16)12-6-8-15(20)10-12;1-2/h2-5,12,14,16H,6-10,20H2,1H3;1-2H3/t12-,14?;/m0./s1. The van der Waals surface area contributed by atoms with Crippen LogP contribution in [0.25, 0.3) is 0 Å². The third kappa shape index (κ3) is 6.48. The SMILES string of the molecule is CC.Cc1ccc(S(=O)(=O)OCCC(O)[C@H]2CCN(P)C2)cc1. The summed E-state index contributed by atoms with van der Waals surface area (Å²) >= 11 is 0. The van der Waals surface area contributed by atoms with Crippen molar-refractivity contribution in [3.8, 4) is 0 Å². The second-order valence-electron chi connectivity index (χ2n) is 5.49. The molecule has 132 valence electrons. The molecule has 1 heterocycles. The van der Waals surface area contributed by atoms with Crippen LogP contribution in [0.15, 0.2) is 29.2 Å². The van der Waals surface area contributed by atoms with Gasteiger partial charge >= 0.3 is 0 Å². The lowest BCUT2D eigenvalue weighted by Gasteiger charge is -2.17. The third-order valence-electron chi connectivity index (χ3n) is 3.76. The van der Waals surface area contributed by atoms with Crippen molar-refractivity contribution in [2.45, 2.75) is 44.6 Å². The van der Waals surface area contributed by atoms with Gasteiger partial charge in [0.05, 0.1) is 17.6 Å². The Bertz CT molecular complexity index is 562. The van der Waals surface area contributed by atoms with Crippen molar-refractivity contribution in [3.63, 3.8) is 0 Å². The monoisotopic (exact) mass is 361 g/mol. The highest BCUT2D eigenvalue weighted by atomic mass is 32.2. The number of hydrogen-bond donors (Lipinski definition) is 1. The summed E-state index contributed by atoms with van der Waals surface area (Å²) in [4.78, 5) is 0.152. The zero-order valence-corrected chi connectivity index (χ0v) is 16.1. The lowest BCUT2D eigenvalue weighted by atomic mass is 10.00. The molecule has 1 aliphatic rings. The van der Waals surface area contributed by atoms with Gasteiger partial charge in [0.1, 0.15) is 0 Å². The molecular weight excluding hydrogens is 333 g/mol. The summed E-state index contributed by atoms with van der Waals surface area (Å²) in [5.41, 5.74) is 0.993. The smallest absolute Gasteiger partial charge is 0.296 e. The number of aliphatic hydroxyl groups is 1. The summed E-state index contributed by atoms with van der Waals surface area (Å²) in [6.45, 7) is 7.65. The Labute approximate surface area is 142 Å². The maximum atomic E-state index is 12.0. The lowest BCUT2D eigenvalue weighted by molar-refractivity contribution is 0.0899. The van der Waals surface area contributed by atoms with Gasteiger partial charge in [0.2, 0.25) is 0 Å². The van der Waals surface area contributed by atoms with Crippen LogP contribution >= 0.6 is 9.39 Å². The lowest BCUT2D eigenvalue weighted by Crippen LogP contribution is -2.24. The first kappa shape index (κ1) is 20.5. The number of aliphatic hydroxyl groups excluding tert-OH is 1. The summed E-state index contributed by atoms with van der Waals surface area (Å²) in [7, 11) is -1.11. The Balaban J connectivity index is 0.00000127. The Morgan fingerprint density at radius 1 is 1.35 bits per heavy atom. The molecule has 2 unspecified atom stereocenters. The second kappa shape index (κ2) is 9.70. The van der Waals surface area contributed by atoms with Crippen LogP contribution < -0.4 is 0 Å². The van der Waals surface area contributed by atoms with Crippen molar-refractivity contribution in [1.82, 2.24) is 4.67 Å². The topological polar surface area (TPSA) is 66.8 Å². The fourth-order valence-electron chi connectivity index (χ4n) is 2.42. The second-order valence-corrected chi connectivity index (χ2v) is 7.83. The van der Waals surface area contributed by atoms with Crippen molar-refractivity contribution in [1.29, 1.82) is 0 Å². The van der Waals surface area contributed by atoms with Gasteiger partial charge in [0, 0.05) is 13.1 Å². The predicted molar refractivity (Wildman–Crippen MR) is 95.7 cm³/mol. The van der Waals surface area contributed by atoms with Gasteiger partial charge in [-0.3, -0.25) is 8.85 Å². The average Bonchev–Trinajstić information content (AvgIpc) is 2.96. The Morgan fingerprint density at radius 2 is 1.96 bits per heavy atom. The van der Waals surface area contributed by atoms with Gasteiger partial charge in [-0.1, -0.05) is 40.9 Å². The molecule has 7 heteroatoms. The molecule has 1 aromatic rings. The van der Waals surface area contributed by atoms with Crippen molar-refractivity contribution in [3.05, 3.63) is 29.8 Å². The fraction of sp³-hybridized carbons (Fsp3) is 0.625. The Hall–Kier alpha value is -0.520. The van der Waals surface area contributed by atoms with Crippen LogP contribution in [0.5, 0.6) is 0 Å². The molecule has 1 fully saturated rings. The van der Waals surface area contributed by atoms with E-state index in [-0.39, 0.29) is 17.4 Å². The van der Waals surface area contributed by atoms with E-state index < -0.39 is 16.2 Å². The van der Waals surface area contributed by atoms with Gasteiger partial charge in [-0.2, -0.15) is 8.42 Å². The first-order valence-corrected chi connectivity index (χ1v) is 9.95. The van der Waals surface area contributed by atoms with Gasteiger partial charge in [-0.05, 0) is 37.8 Å². The van der Waals surface area contributed by atoms with Gasteiger partial charge in [-0.15, -0.1) is 0 Å². The van der Waals surface area contributed by atoms with Gasteiger partial charge < -0.3 is 5.11 Å². The number of aryl methyl sites for hydroxylation is 1. The van der Waals surface area contributed by atoms with E-state index >= 15 is 0 Å². The van der Waals surface area contributed by atoms with E-state index in [1.54, 1.807) is 12.1 Å². The minimum absolute atomic E-state index is 0.00470. The maximum absolute atomic E-state index is 12.0. The number of benzene rings is 1. The molecular formula is C16H28NO4PS. The van der Waals surface area contributed by atoms with Crippen LogP contribution in [0.1, 0.15) is 32.3 Å². The number of nitrogens with zero attached hydrogens (tertiary/aromatic N) is 1. The number of hydrogen-bond acceptors (Lipinski definition) is 5. The van der Waals surface area contributed by atoms with Gasteiger partial charge in [0.15, 0.2) is 0 Å². The molecule has 0 aliphatic carbocycles. The molecule has 0 amide bonds. The molecule has 1 aromatic carbocycles. The molecule has 0 radical (unpaired) electrons. The molecule has 0 saturated carbocycles. The molecule has 0 spiro atoms. The first-order chi connectivity index (χ1) is 10.9. The summed E-state index contributed by atoms with van der Waals surface area (Å²) in [5, 5.41) is 10.1. The summed E-state index contributed by atoms with van der Waals surface area (Å²) < 4.78 is 31.1. The zero-order valence-electron chi connectivity index (χ0n) is 14.1. The van der Waals surface area contributed by atoms with E-state index in [9.17, 15) is 13.5 Å². The van der Waals surface area contributed by atoms with Crippen LogP contribution in [0.3, 0.4) is 0 Å². The van der Waals surface area contributed by atoms with Crippen LogP contribution in [0, 0.1) is 12.8 Å². The van der Waals surface area contributed by atoms with Crippen LogP contribution in [0.2, 0.25) is 0 Å². The molecule has 3 atom stereocenters. The first-order valence-electron chi connectivity index (χ1n) is 8.02. The van der Waals surface area contributed by atoms with E-state index in [1.807, 2.05) is 20.8 Å². The average molecular weight is 361 g/mol. The Kier molecular flexibility index (Phi) is 8.65. The van der Waals surface area contributed by atoms with Crippen molar-refractivity contribution < 1.29 is 17.7 Å². The van der Waals surface area contributed by atoms with E-state index in [2.05, 4.69) is 14.1 Å². The molecule has 1 N–H and O–H groups in total. The maximum Gasteiger partial charge on any atom is 0.296 e. The minimum Gasteiger partial charge on any atom is -0.393 e. The summed E-state index contributed by atoms with van der Waals surface area (Å²) in [6.07, 6.45) is 0.729. The summed E-state index contributed by atoms with van der Waals surface area (Å²) in [6, 6.07) is 6.53. The highest BCUT2D eigenvalue weighted by Gasteiger charge is 2.26. The molecule has 5 nitrogen and oxygen atoms in total. The van der Waals surface area contributed by atoms with Crippen LogP contribution in [-0.2, 0) is 14.3 Å². The van der Waals surface area contributed by atoms with E-state index in [1.165, 1.54) is 12.1 Å². The normalized spacial score (nSPS) is 20.0. The molecule has 2 rings (SSSR count). The largest absolute Gasteiger partial charge is 0.393 e. The van der Waals surface area contributed by atoms with Crippen LogP contribution in [-0.4, -0.2) is 44.0 Å². The van der Waals surface area contributed by atoms with Crippen molar-refractivity contribution >= 4 is 19.5 Å². The minimum atomic E-state index is -3.73. The molecule has 1 saturated heterocycles. The van der Waals surface area contributed by atoms with Gasteiger partial charge in [0.25, 0.3) is 10.1 Å². The van der Waals surface area contributed by atoms with Crippen molar-refractivity contribution in [2.75, 3.05) is 19.7 Å². The highest BCUT2D eigenvalue weighted by molar-refractivity contribution is 7.86. The molecule has 0 aromatic heterocycles. The van der Waals surface area contributed by atoms with Gasteiger partial charge in [-0.25, -0.2) is 0 Å². The van der Waals surface area contributed by atoms with Crippen LogP contribution in [0.4, 0.5) is 0 Å². The molecule has 1 aliphatic heterocycles.